The SMILES string of the molecule is Cn1cc(-c2cc(NN)nc(-c3cnn(C)c3)n2)cn1. The monoisotopic (exact) mass is 270 g/mol. The molecule has 0 aromatic carbocycles. The average molecular weight is 270 g/mol. The van der Waals surface area contributed by atoms with Gasteiger partial charge in [0.15, 0.2) is 5.82 Å². The normalized spacial score (nSPS) is 10.8. The Kier molecular flexibility index (Phi) is 2.92. The number of hydrazine groups is 1. The van der Waals surface area contributed by atoms with E-state index in [0.29, 0.717) is 11.6 Å². The molecular weight excluding hydrogens is 256 g/mol. The number of nitrogen functional groups attached to an aromatic ring is 1. The van der Waals surface area contributed by atoms with Gasteiger partial charge in [0.2, 0.25) is 0 Å². The molecule has 0 aliphatic rings. The van der Waals surface area contributed by atoms with Crippen molar-refractivity contribution in [3.05, 3.63) is 30.9 Å². The molecule has 3 aromatic heterocycles. The predicted molar refractivity (Wildman–Crippen MR) is 74.2 cm³/mol. The van der Waals surface area contributed by atoms with Crippen LogP contribution in [0.3, 0.4) is 0 Å². The van der Waals surface area contributed by atoms with Crippen LogP contribution in [0.5, 0.6) is 0 Å². The number of nitrogens with one attached hydrogen (secondary N) is 1. The number of aromatic nitrogens is 6. The molecule has 3 rings (SSSR count). The maximum absolute atomic E-state index is 5.47. The molecule has 8 heteroatoms. The molecule has 8 nitrogen and oxygen atoms in total. The second-order valence-corrected chi connectivity index (χ2v) is 4.41. The van der Waals surface area contributed by atoms with Crippen LogP contribution in [0.1, 0.15) is 0 Å². The van der Waals surface area contributed by atoms with Gasteiger partial charge >= 0.3 is 0 Å². The van der Waals surface area contributed by atoms with E-state index in [2.05, 4.69) is 25.6 Å². The summed E-state index contributed by atoms with van der Waals surface area (Å²) < 4.78 is 3.42. The number of anilines is 1. The van der Waals surface area contributed by atoms with Crippen molar-refractivity contribution >= 4 is 5.82 Å². The fourth-order valence-corrected chi connectivity index (χ4v) is 1.89. The van der Waals surface area contributed by atoms with Crippen molar-refractivity contribution in [2.45, 2.75) is 0 Å². The van der Waals surface area contributed by atoms with Crippen molar-refractivity contribution in [2.75, 3.05) is 5.43 Å². The molecule has 0 saturated carbocycles. The van der Waals surface area contributed by atoms with Crippen molar-refractivity contribution < 1.29 is 0 Å². The number of hydrogen-bond acceptors (Lipinski definition) is 6. The summed E-state index contributed by atoms with van der Waals surface area (Å²) in [6.45, 7) is 0. The standard InChI is InChI=1S/C12H14N8/c1-19-6-8(4-14-19)10-3-11(18-13)17-12(16-10)9-5-15-20(2)7-9/h3-7H,13H2,1-2H3,(H,16,17,18). The maximum atomic E-state index is 5.47. The minimum absolute atomic E-state index is 0.540. The van der Waals surface area contributed by atoms with Crippen molar-refractivity contribution in [3.63, 3.8) is 0 Å². The van der Waals surface area contributed by atoms with Gasteiger partial charge in [0.1, 0.15) is 5.82 Å². The van der Waals surface area contributed by atoms with E-state index in [1.54, 1.807) is 27.8 Å². The lowest BCUT2D eigenvalue weighted by Gasteiger charge is -2.05. The van der Waals surface area contributed by atoms with Crippen LogP contribution in [0.15, 0.2) is 30.9 Å². The van der Waals surface area contributed by atoms with Crippen molar-refractivity contribution in [3.8, 4) is 22.6 Å². The highest BCUT2D eigenvalue weighted by Gasteiger charge is 2.10. The molecule has 102 valence electrons. The van der Waals surface area contributed by atoms with Gasteiger partial charge in [-0.1, -0.05) is 0 Å². The van der Waals surface area contributed by atoms with Crippen LogP contribution in [0.2, 0.25) is 0 Å². The summed E-state index contributed by atoms with van der Waals surface area (Å²) in [6, 6.07) is 1.77. The van der Waals surface area contributed by atoms with Crippen LogP contribution in [0.25, 0.3) is 22.6 Å². The van der Waals surface area contributed by atoms with E-state index in [-0.39, 0.29) is 0 Å². The summed E-state index contributed by atoms with van der Waals surface area (Å²) in [5.74, 6) is 6.57. The van der Waals surface area contributed by atoms with Crippen LogP contribution >= 0.6 is 0 Å². The average Bonchev–Trinajstić information content (AvgIpc) is 3.07. The number of rotatable bonds is 3. The molecule has 3 heterocycles. The zero-order chi connectivity index (χ0) is 14.1. The van der Waals surface area contributed by atoms with E-state index in [0.717, 1.165) is 16.8 Å². The van der Waals surface area contributed by atoms with E-state index in [9.17, 15) is 0 Å². The van der Waals surface area contributed by atoms with E-state index in [1.807, 2.05) is 26.5 Å². The first kappa shape index (κ1) is 12.3. The summed E-state index contributed by atoms with van der Waals surface area (Å²) in [5.41, 5.74) is 5.03. The first-order valence-electron chi connectivity index (χ1n) is 5.99. The summed E-state index contributed by atoms with van der Waals surface area (Å²) >= 11 is 0. The fraction of sp³-hybridized carbons (Fsp3) is 0.167. The number of nitrogens with zero attached hydrogens (tertiary/aromatic N) is 6. The molecule has 0 aliphatic carbocycles. The van der Waals surface area contributed by atoms with E-state index < -0.39 is 0 Å². The Morgan fingerprint density at radius 2 is 1.65 bits per heavy atom. The van der Waals surface area contributed by atoms with Crippen molar-refractivity contribution in [1.82, 2.24) is 29.5 Å². The van der Waals surface area contributed by atoms with Crippen LogP contribution in [0.4, 0.5) is 5.82 Å². The largest absolute Gasteiger partial charge is 0.308 e. The van der Waals surface area contributed by atoms with Crippen LogP contribution in [0, 0.1) is 0 Å². The van der Waals surface area contributed by atoms with Crippen LogP contribution in [-0.4, -0.2) is 29.5 Å². The first-order chi connectivity index (χ1) is 9.65. The Labute approximate surface area is 115 Å². The molecule has 3 N–H and O–H groups in total. The van der Waals surface area contributed by atoms with Crippen molar-refractivity contribution in [2.24, 2.45) is 19.9 Å². The van der Waals surface area contributed by atoms with Gasteiger partial charge in [0.05, 0.1) is 23.7 Å². The number of nitrogens with two attached hydrogens (primary N) is 1. The summed E-state index contributed by atoms with van der Waals surface area (Å²) in [4.78, 5) is 8.88. The minimum Gasteiger partial charge on any atom is -0.308 e. The summed E-state index contributed by atoms with van der Waals surface area (Å²) in [6.07, 6.45) is 7.19. The van der Waals surface area contributed by atoms with Gasteiger partial charge in [-0.3, -0.25) is 9.36 Å². The van der Waals surface area contributed by atoms with E-state index in [1.165, 1.54) is 0 Å². The van der Waals surface area contributed by atoms with Gasteiger partial charge in [-0.2, -0.15) is 10.2 Å². The van der Waals surface area contributed by atoms with Gasteiger partial charge in [-0.15, -0.1) is 0 Å². The molecule has 0 aliphatic heterocycles. The van der Waals surface area contributed by atoms with Gasteiger partial charge in [0.25, 0.3) is 0 Å². The quantitative estimate of drug-likeness (QED) is 0.533. The third-order valence-corrected chi connectivity index (χ3v) is 2.84. The Morgan fingerprint density at radius 1 is 1.00 bits per heavy atom. The highest BCUT2D eigenvalue weighted by atomic mass is 15.3. The fourth-order valence-electron chi connectivity index (χ4n) is 1.89. The lowest BCUT2D eigenvalue weighted by molar-refractivity contribution is 0.768. The first-order valence-corrected chi connectivity index (χ1v) is 5.99. The van der Waals surface area contributed by atoms with E-state index >= 15 is 0 Å². The zero-order valence-electron chi connectivity index (χ0n) is 11.1. The molecule has 0 unspecified atom stereocenters. The summed E-state index contributed by atoms with van der Waals surface area (Å²) in [7, 11) is 3.70. The molecule has 3 aromatic rings. The second-order valence-electron chi connectivity index (χ2n) is 4.41. The Hall–Kier alpha value is -2.74. The molecule has 0 saturated heterocycles. The molecule has 20 heavy (non-hydrogen) atoms. The zero-order valence-corrected chi connectivity index (χ0v) is 11.1. The van der Waals surface area contributed by atoms with Gasteiger partial charge < -0.3 is 5.43 Å². The molecule has 0 fully saturated rings. The molecule has 0 radical (unpaired) electrons. The number of aryl methyl sites for hydroxylation is 2. The highest BCUT2D eigenvalue weighted by Crippen LogP contribution is 2.23. The van der Waals surface area contributed by atoms with Crippen LogP contribution < -0.4 is 11.3 Å². The maximum Gasteiger partial charge on any atom is 0.165 e. The lowest BCUT2D eigenvalue weighted by atomic mass is 10.2. The second kappa shape index (κ2) is 4.74. The summed E-state index contributed by atoms with van der Waals surface area (Å²) in [5, 5.41) is 8.27. The molecule has 0 amide bonds. The van der Waals surface area contributed by atoms with Gasteiger partial charge in [-0.05, 0) is 0 Å². The molecule has 0 spiro atoms. The lowest BCUT2D eigenvalue weighted by Crippen LogP contribution is -2.09. The smallest absolute Gasteiger partial charge is 0.165 e. The molecule has 0 bridgehead atoms. The molecular formula is C12H14N8. The predicted octanol–water partition coefficient (Wildman–Crippen LogP) is 0.563. The van der Waals surface area contributed by atoms with Crippen molar-refractivity contribution in [1.29, 1.82) is 0 Å². The topological polar surface area (TPSA) is 99.5 Å². The van der Waals surface area contributed by atoms with E-state index in [4.69, 9.17) is 5.84 Å². The third kappa shape index (κ3) is 2.24. The molecule has 0 atom stereocenters. The third-order valence-electron chi connectivity index (χ3n) is 2.84. The Bertz CT molecular complexity index is 683. The van der Waals surface area contributed by atoms with Crippen LogP contribution in [-0.2, 0) is 14.1 Å². The number of hydrogen-bond donors (Lipinski definition) is 2. The van der Waals surface area contributed by atoms with Gasteiger partial charge in [0, 0.05) is 38.1 Å². The van der Waals surface area contributed by atoms with Gasteiger partial charge in [-0.25, -0.2) is 15.8 Å². The highest BCUT2D eigenvalue weighted by molar-refractivity contribution is 5.65. The Morgan fingerprint density at radius 3 is 2.20 bits per heavy atom. The minimum atomic E-state index is 0.540. The Balaban J connectivity index is 2.12.